The van der Waals surface area contributed by atoms with Gasteiger partial charge in [0.1, 0.15) is 17.0 Å². The molecule has 2 aliphatic heterocycles. The highest BCUT2D eigenvalue weighted by Gasteiger charge is 2.53. The third-order valence-electron chi connectivity index (χ3n) is 10.5. The molecular formula is C38H44BCl2N3O5. The lowest BCUT2D eigenvalue weighted by atomic mass is 9.75. The Morgan fingerprint density at radius 2 is 1.63 bits per heavy atom. The minimum absolute atomic E-state index is 0.0230. The second-order valence-corrected chi connectivity index (χ2v) is 16.1. The standard InChI is InChI=1S/C38H44BCl2N3O5/c1-21-16-26(34-27(17-21)33(46)22(2)35(47-34)44-14-12-36(4,5)13-15-44)23(3)42-29-10-11-30(41)43-32(29)24-18-25(20-45)31(28(40)19-24)39-48-37(6,7)38(8,9)49-39/h10-11,16-20,23,42H,12-15H2,1-9H3/t23-/m1/s1. The molecule has 8 nitrogen and oxygen atoms in total. The Morgan fingerprint density at radius 1 is 0.980 bits per heavy atom. The number of aryl methyl sites for hydroxylation is 1. The van der Waals surface area contributed by atoms with Crippen LogP contribution in [-0.4, -0.2) is 42.7 Å². The molecule has 4 aromatic rings. The molecule has 0 unspecified atom stereocenters. The number of benzene rings is 2. The number of carbonyl (C=O) groups is 1. The van der Waals surface area contributed by atoms with Crippen molar-refractivity contribution in [3.05, 3.63) is 79.1 Å². The van der Waals surface area contributed by atoms with Gasteiger partial charge < -0.3 is 23.9 Å². The predicted octanol–water partition coefficient (Wildman–Crippen LogP) is 8.69. The van der Waals surface area contributed by atoms with Crippen LogP contribution in [0.3, 0.4) is 0 Å². The molecule has 6 rings (SSSR count). The van der Waals surface area contributed by atoms with E-state index in [-0.39, 0.29) is 22.0 Å². The average molecular weight is 705 g/mol. The van der Waals surface area contributed by atoms with E-state index >= 15 is 0 Å². The van der Waals surface area contributed by atoms with Crippen molar-refractivity contribution in [2.24, 2.45) is 5.41 Å². The lowest BCUT2D eigenvalue weighted by Gasteiger charge is -2.37. The van der Waals surface area contributed by atoms with Crippen molar-refractivity contribution in [2.75, 3.05) is 23.3 Å². The fraction of sp³-hybridized carbons (Fsp3) is 0.447. The first-order valence-corrected chi connectivity index (χ1v) is 17.6. The number of rotatable bonds is 7. The molecule has 258 valence electrons. The van der Waals surface area contributed by atoms with Crippen molar-refractivity contribution in [3.63, 3.8) is 0 Å². The van der Waals surface area contributed by atoms with E-state index in [4.69, 9.17) is 36.9 Å². The summed E-state index contributed by atoms with van der Waals surface area (Å²) >= 11 is 13.3. The zero-order valence-corrected chi connectivity index (χ0v) is 31.2. The summed E-state index contributed by atoms with van der Waals surface area (Å²) in [5, 5.41) is 4.73. The molecule has 1 N–H and O–H groups in total. The zero-order chi connectivity index (χ0) is 35.6. The predicted molar refractivity (Wildman–Crippen MR) is 200 cm³/mol. The quantitative estimate of drug-likeness (QED) is 0.116. The maximum atomic E-state index is 13.8. The maximum Gasteiger partial charge on any atom is 0.497 e. The number of aldehydes is 1. The van der Waals surface area contributed by atoms with E-state index < -0.39 is 18.3 Å². The fourth-order valence-electron chi connectivity index (χ4n) is 6.66. The monoisotopic (exact) mass is 703 g/mol. The Labute approximate surface area is 298 Å². The number of fused-ring (bicyclic) bond motifs is 1. The number of hydrogen-bond donors (Lipinski definition) is 1. The smallest absolute Gasteiger partial charge is 0.440 e. The summed E-state index contributed by atoms with van der Waals surface area (Å²) in [6.45, 7) is 19.9. The minimum atomic E-state index is -0.814. The molecule has 2 aromatic carbocycles. The molecule has 0 spiro atoms. The zero-order valence-electron chi connectivity index (χ0n) is 29.7. The highest BCUT2D eigenvalue weighted by atomic mass is 35.5. The second-order valence-electron chi connectivity index (χ2n) is 15.3. The molecule has 2 fully saturated rings. The highest BCUT2D eigenvalue weighted by molar-refractivity contribution is 6.67. The molecule has 2 aliphatic rings. The van der Waals surface area contributed by atoms with E-state index in [2.05, 4.69) is 29.0 Å². The van der Waals surface area contributed by atoms with Crippen LogP contribution in [0.1, 0.15) is 94.4 Å². The molecule has 4 heterocycles. The largest absolute Gasteiger partial charge is 0.497 e. The first-order chi connectivity index (χ1) is 22.9. The third kappa shape index (κ3) is 6.63. The Morgan fingerprint density at radius 3 is 2.27 bits per heavy atom. The normalized spacial score (nSPS) is 18.9. The van der Waals surface area contributed by atoms with Crippen LogP contribution in [0.25, 0.3) is 22.2 Å². The number of anilines is 2. The Balaban J connectivity index is 1.39. The van der Waals surface area contributed by atoms with Gasteiger partial charge in [-0.25, -0.2) is 4.98 Å². The topological polar surface area (TPSA) is 93.9 Å². The molecule has 2 saturated heterocycles. The van der Waals surface area contributed by atoms with Crippen LogP contribution in [-0.2, 0) is 9.31 Å². The molecule has 2 aromatic heterocycles. The Kier molecular flexibility index (Phi) is 9.23. The van der Waals surface area contributed by atoms with Crippen molar-refractivity contribution in [2.45, 2.75) is 92.4 Å². The Hall–Kier alpha value is -3.37. The molecule has 1 atom stereocenters. The van der Waals surface area contributed by atoms with Crippen molar-refractivity contribution in [1.29, 1.82) is 0 Å². The summed E-state index contributed by atoms with van der Waals surface area (Å²) in [7, 11) is -0.814. The fourth-order valence-corrected chi connectivity index (χ4v) is 7.12. The lowest BCUT2D eigenvalue weighted by Crippen LogP contribution is -2.41. The number of piperidine rings is 1. The summed E-state index contributed by atoms with van der Waals surface area (Å²) in [5.74, 6) is 0.636. The minimum Gasteiger partial charge on any atom is -0.440 e. The Bertz CT molecular complexity index is 2000. The van der Waals surface area contributed by atoms with Crippen LogP contribution in [0.2, 0.25) is 10.2 Å². The number of nitrogens with zero attached hydrogens (tertiary/aromatic N) is 2. The number of nitrogens with one attached hydrogen (secondary N) is 1. The van der Waals surface area contributed by atoms with Crippen LogP contribution in [0.4, 0.5) is 11.6 Å². The SMILES string of the molecule is Cc1cc([C@@H](C)Nc2ccc(Cl)nc2-c2cc(Cl)c(B3OC(C)(C)C(C)(C)O3)c(C=O)c2)c2oc(N3CCC(C)(C)CC3)c(C)c(=O)c2c1. The van der Waals surface area contributed by atoms with Crippen molar-refractivity contribution in [3.8, 4) is 11.3 Å². The van der Waals surface area contributed by atoms with Crippen LogP contribution in [0.5, 0.6) is 0 Å². The summed E-state index contributed by atoms with van der Waals surface area (Å²) in [6.07, 6.45) is 2.79. The van der Waals surface area contributed by atoms with Crippen LogP contribution < -0.4 is 21.1 Å². The van der Waals surface area contributed by atoms with Gasteiger partial charge in [-0.05, 0) is 103 Å². The third-order valence-corrected chi connectivity index (χ3v) is 11.0. The van der Waals surface area contributed by atoms with E-state index in [0.29, 0.717) is 55.4 Å². The van der Waals surface area contributed by atoms with E-state index in [0.717, 1.165) is 43.3 Å². The average Bonchev–Trinajstić information content (AvgIpc) is 3.24. The van der Waals surface area contributed by atoms with E-state index in [1.807, 2.05) is 66.7 Å². The van der Waals surface area contributed by atoms with Gasteiger partial charge in [0.15, 0.2) is 5.43 Å². The van der Waals surface area contributed by atoms with Crippen LogP contribution >= 0.6 is 23.2 Å². The summed E-state index contributed by atoms with van der Waals surface area (Å²) in [4.78, 5) is 33.1. The van der Waals surface area contributed by atoms with Gasteiger partial charge in [0.25, 0.3) is 0 Å². The van der Waals surface area contributed by atoms with Gasteiger partial charge >= 0.3 is 7.12 Å². The summed E-state index contributed by atoms with van der Waals surface area (Å²) < 4.78 is 19.1. The number of carbonyl (C=O) groups excluding carboxylic acids is 1. The number of pyridine rings is 1. The van der Waals surface area contributed by atoms with Gasteiger partial charge in [-0.3, -0.25) is 9.59 Å². The molecule has 0 saturated carbocycles. The molecule has 11 heteroatoms. The molecule has 0 bridgehead atoms. The second kappa shape index (κ2) is 12.8. The molecule has 49 heavy (non-hydrogen) atoms. The number of aromatic nitrogens is 1. The highest BCUT2D eigenvalue weighted by Crippen LogP contribution is 2.40. The first-order valence-electron chi connectivity index (χ1n) is 16.8. The van der Waals surface area contributed by atoms with Gasteiger partial charge in [-0.1, -0.05) is 43.1 Å². The van der Waals surface area contributed by atoms with Gasteiger partial charge in [0.2, 0.25) is 5.88 Å². The molecule has 0 amide bonds. The van der Waals surface area contributed by atoms with Crippen molar-refractivity contribution in [1.82, 2.24) is 4.98 Å². The maximum absolute atomic E-state index is 13.8. The van der Waals surface area contributed by atoms with E-state index in [1.54, 1.807) is 18.2 Å². The number of hydrogen-bond acceptors (Lipinski definition) is 8. The van der Waals surface area contributed by atoms with Crippen LogP contribution in [0, 0.1) is 19.3 Å². The molecular weight excluding hydrogens is 660 g/mol. The van der Waals surface area contributed by atoms with Gasteiger partial charge in [0.05, 0.1) is 39.6 Å². The lowest BCUT2D eigenvalue weighted by molar-refractivity contribution is 0.00578. The van der Waals surface area contributed by atoms with Crippen molar-refractivity contribution >= 4 is 64.6 Å². The number of halogens is 2. The van der Waals surface area contributed by atoms with E-state index in [1.165, 1.54) is 0 Å². The summed E-state index contributed by atoms with van der Waals surface area (Å²) in [5.41, 5.74) is 4.56. The van der Waals surface area contributed by atoms with Gasteiger partial charge in [-0.2, -0.15) is 0 Å². The molecule has 0 aliphatic carbocycles. The van der Waals surface area contributed by atoms with E-state index in [9.17, 15) is 9.59 Å². The van der Waals surface area contributed by atoms with Crippen molar-refractivity contribution < 1.29 is 18.5 Å². The summed E-state index contributed by atoms with van der Waals surface area (Å²) in [6, 6.07) is 10.7. The first kappa shape index (κ1) is 35.5. The van der Waals surface area contributed by atoms with Gasteiger partial charge in [0, 0.05) is 40.3 Å². The van der Waals surface area contributed by atoms with Gasteiger partial charge in [-0.15, -0.1) is 0 Å². The van der Waals surface area contributed by atoms with Crippen LogP contribution in [0.15, 0.2) is 45.6 Å². The molecule has 0 radical (unpaired) electrons.